The van der Waals surface area contributed by atoms with Gasteiger partial charge in [0.25, 0.3) is 0 Å². The molecule has 1 aromatic heterocycles. The Morgan fingerprint density at radius 3 is 2.89 bits per heavy atom. The topological polar surface area (TPSA) is 58.6 Å². The van der Waals surface area contributed by atoms with Gasteiger partial charge >= 0.3 is 5.76 Å². The summed E-state index contributed by atoms with van der Waals surface area (Å²) in [5, 5.41) is 8.75. The predicted molar refractivity (Wildman–Crippen MR) is 71.0 cm³/mol. The normalized spacial score (nSPS) is 11.1. The fraction of sp³-hybridized carbons (Fsp3) is 0.462. The molecule has 18 heavy (non-hydrogen) atoms. The Morgan fingerprint density at radius 2 is 2.17 bits per heavy atom. The zero-order chi connectivity index (χ0) is 13.1. The number of hydrogen-bond donors (Lipinski definition) is 1. The zero-order valence-corrected chi connectivity index (χ0v) is 10.7. The molecule has 0 bridgehead atoms. The van der Waals surface area contributed by atoms with Gasteiger partial charge in [0.1, 0.15) is 0 Å². The first-order valence-corrected chi connectivity index (χ1v) is 6.05. The zero-order valence-electron chi connectivity index (χ0n) is 10.7. The van der Waals surface area contributed by atoms with Gasteiger partial charge in [0.05, 0.1) is 5.52 Å². The van der Waals surface area contributed by atoms with Crippen molar-refractivity contribution in [2.45, 2.75) is 12.8 Å². The maximum Gasteiger partial charge on any atom is 0.419 e. The summed E-state index contributed by atoms with van der Waals surface area (Å²) in [4.78, 5) is 13.5. The average molecular weight is 250 g/mol. The summed E-state index contributed by atoms with van der Waals surface area (Å²) in [6.07, 6.45) is 1.73. The van der Waals surface area contributed by atoms with Crippen molar-refractivity contribution in [3.05, 3.63) is 28.7 Å². The van der Waals surface area contributed by atoms with Crippen LogP contribution in [-0.2, 0) is 7.05 Å². The molecule has 5 heteroatoms. The van der Waals surface area contributed by atoms with E-state index in [4.69, 9.17) is 9.52 Å². The summed E-state index contributed by atoms with van der Waals surface area (Å²) in [5.74, 6) is -0.343. The third-order valence-electron chi connectivity index (χ3n) is 3.12. The molecule has 0 aliphatic carbocycles. The van der Waals surface area contributed by atoms with E-state index in [1.165, 1.54) is 4.57 Å². The van der Waals surface area contributed by atoms with Gasteiger partial charge in [-0.1, -0.05) is 0 Å². The Hall–Kier alpha value is -1.75. The molecule has 0 fully saturated rings. The minimum atomic E-state index is -0.343. The lowest BCUT2D eigenvalue weighted by Crippen LogP contribution is -2.18. The largest absolute Gasteiger partial charge is 0.419 e. The highest BCUT2D eigenvalue weighted by Gasteiger charge is 2.08. The van der Waals surface area contributed by atoms with E-state index in [0.29, 0.717) is 5.58 Å². The van der Waals surface area contributed by atoms with Crippen LogP contribution in [-0.4, -0.2) is 29.9 Å². The molecule has 0 saturated carbocycles. The summed E-state index contributed by atoms with van der Waals surface area (Å²) in [7, 11) is 3.68. The Balaban J connectivity index is 2.21. The second-order valence-electron chi connectivity index (χ2n) is 4.43. The number of fused-ring (bicyclic) bond motifs is 1. The SMILES string of the molecule is CN(CCCCO)c1ccc2c(c1)oc(=O)n2C. The average Bonchev–Trinajstić information content (AvgIpc) is 2.65. The number of rotatable bonds is 5. The lowest BCUT2D eigenvalue weighted by Gasteiger charge is -2.18. The number of unbranched alkanes of at least 4 members (excludes halogenated alkanes) is 1. The van der Waals surface area contributed by atoms with Crippen LogP contribution in [0, 0.1) is 0 Å². The molecule has 0 saturated heterocycles. The van der Waals surface area contributed by atoms with Crippen molar-refractivity contribution in [3.8, 4) is 0 Å². The highest BCUT2D eigenvalue weighted by molar-refractivity contribution is 5.77. The molecule has 98 valence electrons. The molecule has 2 rings (SSSR count). The van der Waals surface area contributed by atoms with Gasteiger partial charge in [-0.3, -0.25) is 4.57 Å². The quantitative estimate of drug-likeness (QED) is 0.814. The van der Waals surface area contributed by atoms with E-state index in [-0.39, 0.29) is 12.4 Å². The van der Waals surface area contributed by atoms with Gasteiger partial charge in [-0.05, 0) is 25.0 Å². The van der Waals surface area contributed by atoms with Crippen molar-refractivity contribution < 1.29 is 9.52 Å². The van der Waals surface area contributed by atoms with Crippen molar-refractivity contribution in [1.82, 2.24) is 4.57 Å². The minimum Gasteiger partial charge on any atom is -0.408 e. The number of nitrogens with zero attached hydrogens (tertiary/aromatic N) is 2. The van der Waals surface area contributed by atoms with Crippen LogP contribution in [0.1, 0.15) is 12.8 Å². The van der Waals surface area contributed by atoms with Crippen molar-refractivity contribution in [3.63, 3.8) is 0 Å². The highest BCUT2D eigenvalue weighted by Crippen LogP contribution is 2.20. The third-order valence-corrected chi connectivity index (χ3v) is 3.12. The maximum atomic E-state index is 11.4. The van der Waals surface area contributed by atoms with Gasteiger partial charge in [0.15, 0.2) is 5.58 Å². The Labute approximate surface area is 105 Å². The molecular formula is C13H18N2O3. The molecule has 0 unspecified atom stereocenters. The summed E-state index contributed by atoms with van der Waals surface area (Å²) in [6, 6.07) is 5.73. The van der Waals surface area contributed by atoms with E-state index in [1.807, 2.05) is 25.2 Å². The lowest BCUT2D eigenvalue weighted by atomic mass is 10.2. The Bertz CT molecular complexity index is 585. The fourth-order valence-electron chi connectivity index (χ4n) is 1.95. The van der Waals surface area contributed by atoms with E-state index in [1.54, 1.807) is 7.05 Å². The van der Waals surface area contributed by atoms with Gasteiger partial charge in [-0.25, -0.2) is 4.79 Å². The van der Waals surface area contributed by atoms with Crippen LogP contribution in [0.15, 0.2) is 27.4 Å². The van der Waals surface area contributed by atoms with Crippen molar-refractivity contribution >= 4 is 16.8 Å². The predicted octanol–water partition coefficient (Wildman–Crippen LogP) is 1.34. The number of aryl methyl sites for hydroxylation is 1. The Kier molecular flexibility index (Phi) is 3.72. The maximum absolute atomic E-state index is 11.4. The minimum absolute atomic E-state index is 0.223. The highest BCUT2D eigenvalue weighted by atomic mass is 16.4. The molecule has 0 aliphatic rings. The van der Waals surface area contributed by atoms with Gasteiger partial charge in [-0.2, -0.15) is 0 Å². The van der Waals surface area contributed by atoms with E-state index in [0.717, 1.165) is 30.6 Å². The second kappa shape index (κ2) is 5.27. The molecule has 0 amide bonds. The number of aromatic nitrogens is 1. The molecule has 0 radical (unpaired) electrons. The van der Waals surface area contributed by atoms with Gasteiger partial charge in [-0.15, -0.1) is 0 Å². The van der Waals surface area contributed by atoms with Gasteiger partial charge < -0.3 is 14.4 Å². The summed E-state index contributed by atoms with van der Waals surface area (Å²) < 4.78 is 6.65. The monoisotopic (exact) mass is 250 g/mol. The molecule has 1 aromatic carbocycles. The molecule has 2 aromatic rings. The van der Waals surface area contributed by atoms with Crippen LogP contribution in [0.3, 0.4) is 0 Å². The number of benzene rings is 1. The number of aliphatic hydroxyl groups is 1. The van der Waals surface area contributed by atoms with Crippen LogP contribution in [0.25, 0.3) is 11.1 Å². The molecule has 1 heterocycles. The molecule has 1 N–H and O–H groups in total. The summed E-state index contributed by atoms with van der Waals surface area (Å²) in [5.41, 5.74) is 2.41. The first kappa shape index (κ1) is 12.7. The fourth-order valence-corrected chi connectivity index (χ4v) is 1.95. The van der Waals surface area contributed by atoms with Crippen LogP contribution in [0.2, 0.25) is 0 Å². The molecular weight excluding hydrogens is 232 g/mol. The molecule has 0 aliphatic heterocycles. The number of anilines is 1. The van der Waals surface area contributed by atoms with Gasteiger partial charge in [0.2, 0.25) is 0 Å². The van der Waals surface area contributed by atoms with Gasteiger partial charge in [0, 0.05) is 39.0 Å². The van der Waals surface area contributed by atoms with E-state index in [2.05, 4.69) is 4.90 Å². The number of aliphatic hydroxyl groups excluding tert-OH is 1. The first-order chi connectivity index (χ1) is 8.63. The lowest BCUT2D eigenvalue weighted by molar-refractivity contribution is 0.285. The smallest absolute Gasteiger partial charge is 0.408 e. The molecule has 0 spiro atoms. The van der Waals surface area contributed by atoms with Crippen molar-refractivity contribution in [2.24, 2.45) is 7.05 Å². The van der Waals surface area contributed by atoms with Crippen molar-refractivity contribution in [1.29, 1.82) is 0 Å². The van der Waals surface area contributed by atoms with E-state index in [9.17, 15) is 4.79 Å². The first-order valence-electron chi connectivity index (χ1n) is 6.05. The van der Waals surface area contributed by atoms with E-state index < -0.39 is 0 Å². The third kappa shape index (κ3) is 2.41. The van der Waals surface area contributed by atoms with Crippen LogP contribution in [0.5, 0.6) is 0 Å². The summed E-state index contributed by atoms with van der Waals surface area (Å²) >= 11 is 0. The second-order valence-corrected chi connectivity index (χ2v) is 4.43. The molecule has 5 nitrogen and oxygen atoms in total. The molecule has 0 atom stereocenters. The standard InChI is InChI=1S/C13H18N2O3/c1-14(7-3-4-8-16)10-5-6-11-12(9-10)18-13(17)15(11)2/h5-6,9,16H,3-4,7-8H2,1-2H3. The van der Waals surface area contributed by atoms with E-state index >= 15 is 0 Å². The van der Waals surface area contributed by atoms with Crippen LogP contribution in [0.4, 0.5) is 5.69 Å². The number of oxazole rings is 1. The Morgan fingerprint density at radius 1 is 1.39 bits per heavy atom. The number of hydrogen-bond acceptors (Lipinski definition) is 4. The summed E-state index contributed by atoms with van der Waals surface area (Å²) in [6.45, 7) is 1.09. The van der Waals surface area contributed by atoms with Crippen molar-refractivity contribution in [2.75, 3.05) is 25.1 Å². The van der Waals surface area contributed by atoms with Crippen LogP contribution >= 0.6 is 0 Å². The van der Waals surface area contributed by atoms with Crippen LogP contribution < -0.4 is 10.7 Å².